The smallest absolute Gasteiger partial charge is 0.339 e. The van der Waals surface area contributed by atoms with E-state index in [4.69, 9.17) is 9.26 Å². The number of aromatic nitrogens is 1. The maximum Gasteiger partial charge on any atom is 0.339 e. The van der Waals surface area contributed by atoms with Gasteiger partial charge >= 0.3 is 5.97 Å². The summed E-state index contributed by atoms with van der Waals surface area (Å²) in [5.74, 6) is 0.334. The van der Waals surface area contributed by atoms with Crippen molar-refractivity contribution in [2.45, 2.75) is 20.5 Å². The highest BCUT2D eigenvalue weighted by Crippen LogP contribution is 2.23. The summed E-state index contributed by atoms with van der Waals surface area (Å²) in [6.45, 7) is 3.99. The van der Waals surface area contributed by atoms with E-state index in [0.29, 0.717) is 17.0 Å². The van der Waals surface area contributed by atoms with Crippen LogP contribution in [0.25, 0.3) is 11.3 Å². The number of nitrogens with zero attached hydrogens (tertiary/aromatic N) is 1. The highest BCUT2D eigenvalue weighted by molar-refractivity contribution is 7.12. The van der Waals surface area contributed by atoms with Crippen molar-refractivity contribution in [1.82, 2.24) is 5.16 Å². The Balaban J connectivity index is 1.66. The fourth-order valence-corrected chi connectivity index (χ4v) is 3.08. The van der Waals surface area contributed by atoms with Gasteiger partial charge in [-0.15, -0.1) is 11.3 Å². The first-order valence-electron chi connectivity index (χ1n) is 6.88. The molecule has 0 aliphatic heterocycles. The number of hydrogen-bond acceptors (Lipinski definition) is 5. The second-order valence-corrected chi connectivity index (χ2v) is 6.41. The SMILES string of the molecule is Cc1cc(C(=O)OCc2cc(-c3ccccc3)on2)c(C)s1. The minimum Gasteiger partial charge on any atom is -0.455 e. The van der Waals surface area contributed by atoms with Crippen molar-refractivity contribution in [1.29, 1.82) is 0 Å². The molecule has 0 amide bonds. The minimum atomic E-state index is -0.328. The highest BCUT2D eigenvalue weighted by atomic mass is 32.1. The van der Waals surface area contributed by atoms with Crippen LogP contribution in [0.4, 0.5) is 0 Å². The molecule has 0 fully saturated rings. The van der Waals surface area contributed by atoms with Crippen LogP contribution in [0.1, 0.15) is 25.8 Å². The van der Waals surface area contributed by atoms with E-state index in [0.717, 1.165) is 15.3 Å². The number of esters is 1. The Morgan fingerprint density at radius 3 is 2.68 bits per heavy atom. The van der Waals surface area contributed by atoms with E-state index in [2.05, 4.69) is 5.16 Å². The number of rotatable bonds is 4. The monoisotopic (exact) mass is 313 g/mol. The zero-order chi connectivity index (χ0) is 15.5. The van der Waals surface area contributed by atoms with Gasteiger partial charge in [-0.3, -0.25) is 0 Å². The molecule has 5 heteroatoms. The van der Waals surface area contributed by atoms with E-state index in [-0.39, 0.29) is 12.6 Å². The lowest BCUT2D eigenvalue weighted by molar-refractivity contribution is 0.0464. The number of carbonyl (C=O) groups is 1. The van der Waals surface area contributed by atoms with Gasteiger partial charge in [0.1, 0.15) is 12.3 Å². The summed E-state index contributed by atoms with van der Waals surface area (Å²) < 4.78 is 10.6. The normalized spacial score (nSPS) is 10.6. The maximum absolute atomic E-state index is 12.1. The third kappa shape index (κ3) is 3.09. The number of aryl methyl sites for hydroxylation is 2. The molecule has 0 bridgehead atoms. The number of hydrogen-bond donors (Lipinski definition) is 0. The zero-order valence-electron chi connectivity index (χ0n) is 12.3. The summed E-state index contributed by atoms with van der Waals surface area (Å²) >= 11 is 1.59. The van der Waals surface area contributed by atoms with Gasteiger partial charge in [-0.2, -0.15) is 0 Å². The third-order valence-electron chi connectivity index (χ3n) is 3.23. The molecule has 1 aromatic carbocycles. The van der Waals surface area contributed by atoms with E-state index in [1.165, 1.54) is 0 Å². The second-order valence-electron chi connectivity index (χ2n) is 4.95. The molecule has 0 atom stereocenters. The Morgan fingerprint density at radius 2 is 2.00 bits per heavy atom. The van der Waals surface area contributed by atoms with Gasteiger partial charge < -0.3 is 9.26 Å². The van der Waals surface area contributed by atoms with Gasteiger partial charge in [-0.25, -0.2) is 4.79 Å². The van der Waals surface area contributed by atoms with E-state index in [9.17, 15) is 4.79 Å². The molecule has 4 nitrogen and oxygen atoms in total. The summed E-state index contributed by atoms with van der Waals surface area (Å²) in [7, 11) is 0. The molecule has 0 unspecified atom stereocenters. The predicted molar refractivity (Wildman–Crippen MR) is 84.9 cm³/mol. The van der Waals surface area contributed by atoms with Gasteiger partial charge in [-0.1, -0.05) is 35.5 Å². The molecular weight excluding hydrogens is 298 g/mol. The van der Waals surface area contributed by atoms with Gasteiger partial charge in [0.15, 0.2) is 5.76 Å². The van der Waals surface area contributed by atoms with Crippen molar-refractivity contribution in [2.75, 3.05) is 0 Å². The molecular formula is C17H15NO3S. The summed E-state index contributed by atoms with van der Waals surface area (Å²) in [6.07, 6.45) is 0. The summed E-state index contributed by atoms with van der Waals surface area (Å²) in [5, 5.41) is 3.94. The molecule has 0 N–H and O–H groups in total. The molecule has 3 aromatic rings. The van der Waals surface area contributed by atoms with E-state index >= 15 is 0 Å². The Bertz CT molecular complexity index is 789. The lowest BCUT2D eigenvalue weighted by Gasteiger charge is -2.01. The van der Waals surface area contributed by atoms with Crippen LogP contribution in [0.15, 0.2) is 47.0 Å². The van der Waals surface area contributed by atoms with Crippen molar-refractivity contribution in [2.24, 2.45) is 0 Å². The number of thiophene rings is 1. The predicted octanol–water partition coefficient (Wildman–Crippen LogP) is 4.38. The lowest BCUT2D eigenvalue weighted by Crippen LogP contribution is -2.05. The summed E-state index contributed by atoms with van der Waals surface area (Å²) in [6, 6.07) is 13.3. The van der Waals surface area contributed by atoms with E-state index in [1.807, 2.05) is 50.2 Å². The molecule has 112 valence electrons. The van der Waals surface area contributed by atoms with Crippen molar-refractivity contribution < 1.29 is 14.1 Å². The molecule has 22 heavy (non-hydrogen) atoms. The highest BCUT2D eigenvalue weighted by Gasteiger charge is 2.15. The van der Waals surface area contributed by atoms with Crippen molar-refractivity contribution >= 4 is 17.3 Å². The van der Waals surface area contributed by atoms with Gasteiger partial charge in [0.2, 0.25) is 0 Å². The fourth-order valence-electron chi connectivity index (χ4n) is 2.17. The Kier molecular flexibility index (Phi) is 4.06. The standard InChI is InChI=1S/C17H15NO3S/c1-11-8-15(12(2)22-11)17(19)20-10-14-9-16(21-18-14)13-6-4-3-5-7-13/h3-9H,10H2,1-2H3. The largest absolute Gasteiger partial charge is 0.455 e. The first kappa shape index (κ1) is 14.5. The molecule has 0 saturated carbocycles. The molecule has 3 rings (SSSR count). The van der Waals surface area contributed by atoms with Crippen LogP contribution in [-0.4, -0.2) is 11.1 Å². The quantitative estimate of drug-likeness (QED) is 0.671. The minimum absolute atomic E-state index is 0.101. The molecule has 0 spiro atoms. The topological polar surface area (TPSA) is 52.3 Å². The first-order valence-corrected chi connectivity index (χ1v) is 7.70. The van der Waals surface area contributed by atoms with Crippen molar-refractivity contribution in [3.05, 3.63) is 63.5 Å². The molecule has 0 aliphatic carbocycles. The molecule has 0 aliphatic rings. The maximum atomic E-state index is 12.1. The Hall–Kier alpha value is -2.40. The fraction of sp³-hybridized carbons (Fsp3) is 0.176. The van der Waals surface area contributed by atoms with Crippen LogP contribution in [0.2, 0.25) is 0 Å². The Morgan fingerprint density at radius 1 is 1.23 bits per heavy atom. The number of carbonyl (C=O) groups excluding carboxylic acids is 1. The van der Waals surface area contributed by atoms with Crippen LogP contribution in [0, 0.1) is 13.8 Å². The Labute approximate surface area is 132 Å². The lowest BCUT2D eigenvalue weighted by atomic mass is 10.2. The zero-order valence-corrected chi connectivity index (χ0v) is 13.1. The van der Waals surface area contributed by atoms with Crippen LogP contribution in [0.3, 0.4) is 0 Å². The molecule has 0 saturated heterocycles. The second kappa shape index (κ2) is 6.15. The number of benzene rings is 1. The molecule has 2 heterocycles. The molecule has 0 radical (unpaired) electrons. The van der Waals surface area contributed by atoms with Crippen LogP contribution >= 0.6 is 11.3 Å². The average molecular weight is 313 g/mol. The van der Waals surface area contributed by atoms with Gasteiger partial charge in [-0.05, 0) is 19.9 Å². The van der Waals surface area contributed by atoms with Crippen LogP contribution in [-0.2, 0) is 11.3 Å². The van der Waals surface area contributed by atoms with Crippen molar-refractivity contribution in [3.63, 3.8) is 0 Å². The third-order valence-corrected chi connectivity index (χ3v) is 4.20. The van der Waals surface area contributed by atoms with E-state index < -0.39 is 0 Å². The van der Waals surface area contributed by atoms with Crippen LogP contribution in [0.5, 0.6) is 0 Å². The molecule has 2 aromatic heterocycles. The van der Waals surface area contributed by atoms with Gasteiger partial charge in [0.05, 0.1) is 5.56 Å². The van der Waals surface area contributed by atoms with Crippen LogP contribution < -0.4 is 0 Å². The summed E-state index contributed by atoms with van der Waals surface area (Å²) in [4.78, 5) is 14.1. The average Bonchev–Trinajstić information content (AvgIpc) is 3.12. The van der Waals surface area contributed by atoms with Gasteiger partial charge in [0.25, 0.3) is 0 Å². The van der Waals surface area contributed by atoms with Crippen molar-refractivity contribution in [3.8, 4) is 11.3 Å². The summed E-state index contributed by atoms with van der Waals surface area (Å²) in [5.41, 5.74) is 2.16. The first-order chi connectivity index (χ1) is 10.6. The van der Waals surface area contributed by atoms with Gasteiger partial charge in [0, 0.05) is 21.4 Å². The van der Waals surface area contributed by atoms with E-state index in [1.54, 1.807) is 17.4 Å². The number of ether oxygens (including phenoxy) is 1.